The molecule has 1 aliphatic rings. The second kappa shape index (κ2) is 8.11. The Balaban J connectivity index is 1.80. The summed E-state index contributed by atoms with van der Waals surface area (Å²) in [7, 11) is 0. The van der Waals surface area contributed by atoms with Gasteiger partial charge >= 0.3 is 0 Å². The normalized spacial score (nSPS) is 15.1. The highest BCUT2D eigenvalue weighted by atomic mass is 79.9. The molecule has 1 saturated heterocycles. The van der Waals surface area contributed by atoms with Gasteiger partial charge in [0.05, 0.1) is 29.7 Å². The third-order valence-electron chi connectivity index (χ3n) is 4.47. The summed E-state index contributed by atoms with van der Waals surface area (Å²) in [5, 5.41) is 0. The molecule has 0 radical (unpaired) electrons. The molecule has 3 nitrogen and oxygen atoms in total. The number of ether oxygens (including phenoxy) is 1. The van der Waals surface area contributed by atoms with Crippen LogP contribution in [0.25, 0.3) is 0 Å². The van der Waals surface area contributed by atoms with Crippen LogP contribution < -0.4 is 0 Å². The second-order valence-electron chi connectivity index (χ2n) is 6.35. The summed E-state index contributed by atoms with van der Waals surface area (Å²) in [5.74, 6) is -0.186. The summed E-state index contributed by atoms with van der Waals surface area (Å²) in [5.41, 5.74) is 5.00. The van der Waals surface area contributed by atoms with Crippen molar-refractivity contribution in [1.82, 2.24) is 4.90 Å². The van der Waals surface area contributed by atoms with Crippen LogP contribution in [-0.2, 0) is 11.2 Å². The first-order chi connectivity index (χ1) is 12.0. The maximum atomic E-state index is 14.2. The van der Waals surface area contributed by atoms with E-state index in [0.29, 0.717) is 16.5 Å². The van der Waals surface area contributed by atoms with Crippen molar-refractivity contribution >= 4 is 28.0 Å². The molecule has 3 rings (SSSR count). The quantitative estimate of drug-likeness (QED) is 0.540. The molecule has 1 heterocycles. The third kappa shape index (κ3) is 4.47. The highest BCUT2D eigenvalue weighted by Gasteiger charge is 2.11. The number of halogens is 2. The fourth-order valence-electron chi connectivity index (χ4n) is 2.92. The molecule has 5 heteroatoms. The number of rotatable bonds is 4. The molecule has 0 saturated carbocycles. The van der Waals surface area contributed by atoms with Gasteiger partial charge in [0.2, 0.25) is 0 Å². The predicted octanol–water partition coefficient (Wildman–Crippen LogP) is 4.79. The fraction of sp³-hybridized carbons (Fsp3) is 0.350. The zero-order valence-electron chi connectivity index (χ0n) is 14.6. The van der Waals surface area contributed by atoms with Gasteiger partial charge in [-0.1, -0.05) is 18.2 Å². The second-order valence-corrected chi connectivity index (χ2v) is 7.20. The van der Waals surface area contributed by atoms with Crippen molar-refractivity contribution in [3.63, 3.8) is 0 Å². The maximum absolute atomic E-state index is 14.2. The van der Waals surface area contributed by atoms with Crippen molar-refractivity contribution in [2.75, 3.05) is 26.3 Å². The van der Waals surface area contributed by atoms with Crippen LogP contribution >= 0.6 is 15.9 Å². The van der Waals surface area contributed by atoms with Crippen LogP contribution in [0.5, 0.6) is 0 Å². The zero-order valence-corrected chi connectivity index (χ0v) is 16.1. The van der Waals surface area contributed by atoms with Gasteiger partial charge in [-0.15, -0.1) is 0 Å². The van der Waals surface area contributed by atoms with E-state index in [9.17, 15) is 4.39 Å². The minimum atomic E-state index is -0.186. The van der Waals surface area contributed by atoms with Gasteiger partial charge in [-0.25, -0.2) is 9.38 Å². The van der Waals surface area contributed by atoms with Crippen molar-refractivity contribution < 1.29 is 9.13 Å². The van der Waals surface area contributed by atoms with E-state index in [1.54, 1.807) is 6.07 Å². The number of aryl methyl sites for hydroxylation is 2. The van der Waals surface area contributed by atoms with Crippen molar-refractivity contribution in [2.45, 2.75) is 20.3 Å². The van der Waals surface area contributed by atoms with Gasteiger partial charge in [0, 0.05) is 19.5 Å². The molecule has 0 aromatic heterocycles. The van der Waals surface area contributed by atoms with E-state index in [1.165, 1.54) is 0 Å². The Labute approximate surface area is 156 Å². The molecule has 132 valence electrons. The van der Waals surface area contributed by atoms with Crippen LogP contribution in [0.15, 0.2) is 39.8 Å². The molecule has 0 aliphatic carbocycles. The summed E-state index contributed by atoms with van der Waals surface area (Å²) in [4.78, 5) is 6.80. The number of hydrogen-bond donors (Lipinski definition) is 0. The van der Waals surface area contributed by atoms with Crippen LogP contribution in [0.1, 0.15) is 22.3 Å². The highest BCUT2D eigenvalue weighted by Crippen LogP contribution is 2.27. The minimum absolute atomic E-state index is 0.186. The predicted molar refractivity (Wildman–Crippen MR) is 103 cm³/mol. The average Bonchev–Trinajstić information content (AvgIpc) is 2.61. The maximum Gasteiger partial charge on any atom is 0.140 e. The molecule has 0 amide bonds. The summed E-state index contributed by atoms with van der Waals surface area (Å²) < 4.78 is 20.1. The highest BCUT2D eigenvalue weighted by molar-refractivity contribution is 9.10. The van der Waals surface area contributed by atoms with Crippen LogP contribution in [0, 0.1) is 19.7 Å². The van der Waals surface area contributed by atoms with E-state index in [1.807, 2.05) is 25.4 Å². The van der Waals surface area contributed by atoms with E-state index in [2.05, 4.69) is 44.9 Å². The standard InChI is InChI=1S/C20H22BrFN2O/c1-14-11-19(23-13-24-6-8-25-9-7-24)15(2)10-17(14)12-16-4-3-5-18(21)20(16)22/h3-5,10-11,13H,6-9,12H2,1-2H3/b23-13-. The van der Waals surface area contributed by atoms with Gasteiger partial charge in [-0.2, -0.15) is 0 Å². The number of nitrogens with zero attached hydrogens (tertiary/aromatic N) is 2. The molecule has 2 aromatic carbocycles. The smallest absolute Gasteiger partial charge is 0.140 e. The Morgan fingerprint density at radius 3 is 2.68 bits per heavy atom. The summed E-state index contributed by atoms with van der Waals surface area (Å²) >= 11 is 3.25. The summed E-state index contributed by atoms with van der Waals surface area (Å²) in [6, 6.07) is 9.62. The molecular formula is C20H22BrFN2O. The molecule has 0 unspecified atom stereocenters. The van der Waals surface area contributed by atoms with E-state index in [0.717, 1.165) is 48.7 Å². The van der Waals surface area contributed by atoms with Crippen LogP contribution in [0.2, 0.25) is 0 Å². The van der Waals surface area contributed by atoms with E-state index in [4.69, 9.17) is 4.74 Å². The monoisotopic (exact) mass is 404 g/mol. The molecule has 0 atom stereocenters. The Hall–Kier alpha value is -1.72. The van der Waals surface area contributed by atoms with Gasteiger partial charge in [-0.3, -0.25) is 0 Å². The summed E-state index contributed by atoms with van der Waals surface area (Å²) in [6.45, 7) is 7.36. The Morgan fingerprint density at radius 1 is 1.16 bits per heavy atom. The van der Waals surface area contributed by atoms with Gasteiger partial charge in [-0.05, 0) is 64.2 Å². The SMILES string of the molecule is Cc1cc(/N=C\N2CCOCC2)c(C)cc1Cc1cccc(Br)c1F. The van der Waals surface area contributed by atoms with Crippen molar-refractivity contribution in [3.05, 3.63) is 62.9 Å². The zero-order chi connectivity index (χ0) is 17.8. The molecule has 0 spiro atoms. The average molecular weight is 405 g/mol. The Morgan fingerprint density at radius 2 is 1.92 bits per heavy atom. The van der Waals surface area contributed by atoms with Crippen LogP contribution in [0.3, 0.4) is 0 Å². The first-order valence-electron chi connectivity index (χ1n) is 8.43. The molecule has 25 heavy (non-hydrogen) atoms. The molecule has 1 aliphatic heterocycles. The molecule has 2 aromatic rings. The van der Waals surface area contributed by atoms with Crippen LogP contribution in [-0.4, -0.2) is 37.5 Å². The lowest BCUT2D eigenvalue weighted by molar-refractivity contribution is 0.0701. The number of morpholine rings is 1. The van der Waals surface area contributed by atoms with Gasteiger partial charge < -0.3 is 9.64 Å². The lowest BCUT2D eigenvalue weighted by atomic mass is 9.97. The fourth-order valence-corrected chi connectivity index (χ4v) is 3.32. The van der Waals surface area contributed by atoms with Crippen molar-refractivity contribution in [1.29, 1.82) is 0 Å². The van der Waals surface area contributed by atoms with Gasteiger partial charge in [0.15, 0.2) is 0 Å². The van der Waals surface area contributed by atoms with Crippen molar-refractivity contribution in [2.24, 2.45) is 4.99 Å². The first-order valence-corrected chi connectivity index (χ1v) is 9.23. The van der Waals surface area contributed by atoms with Gasteiger partial charge in [0.1, 0.15) is 5.82 Å². The lowest BCUT2D eigenvalue weighted by Gasteiger charge is -2.24. The van der Waals surface area contributed by atoms with E-state index < -0.39 is 0 Å². The van der Waals surface area contributed by atoms with Crippen LogP contribution in [0.4, 0.5) is 10.1 Å². The minimum Gasteiger partial charge on any atom is -0.378 e. The molecule has 0 bridgehead atoms. The van der Waals surface area contributed by atoms with E-state index >= 15 is 0 Å². The third-order valence-corrected chi connectivity index (χ3v) is 5.09. The Bertz CT molecular complexity index is 786. The lowest BCUT2D eigenvalue weighted by Crippen LogP contribution is -2.35. The Kier molecular flexibility index (Phi) is 5.86. The number of benzene rings is 2. The number of hydrogen-bond acceptors (Lipinski definition) is 2. The number of aliphatic imine (C=N–C) groups is 1. The van der Waals surface area contributed by atoms with Crippen molar-refractivity contribution in [3.8, 4) is 0 Å². The first kappa shape index (κ1) is 18.1. The molecular weight excluding hydrogens is 383 g/mol. The molecule has 1 fully saturated rings. The topological polar surface area (TPSA) is 24.8 Å². The van der Waals surface area contributed by atoms with E-state index in [-0.39, 0.29) is 5.82 Å². The summed E-state index contributed by atoms with van der Waals surface area (Å²) in [6.07, 6.45) is 2.48. The largest absolute Gasteiger partial charge is 0.378 e. The molecule has 0 N–H and O–H groups in total. The van der Waals surface area contributed by atoms with Gasteiger partial charge in [0.25, 0.3) is 0 Å².